The number of rotatable bonds is 5. The molecule has 1 atom stereocenters. The second-order valence-electron chi connectivity index (χ2n) is 4.53. The van der Waals surface area contributed by atoms with Gasteiger partial charge in [0.1, 0.15) is 0 Å². The molecule has 0 aromatic heterocycles. The van der Waals surface area contributed by atoms with Gasteiger partial charge in [-0.3, -0.25) is 4.79 Å². The van der Waals surface area contributed by atoms with Crippen molar-refractivity contribution in [1.82, 2.24) is 0 Å². The predicted octanol–water partition coefficient (Wildman–Crippen LogP) is 2.57. The smallest absolute Gasteiger partial charge is 0.303 e. The summed E-state index contributed by atoms with van der Waals surface area (Å²) >= 11 is 0. The average molecular weight is 243 g/mol. The van der Waals surface area contributed by atoms with E-state index in [1.165, 1.54) is 16.3 Å². The van der Waals surface area contributed by atoms with Gasteiger partial charge in [0.2, 0.25) is 0 Å². The van der Waals surface area contributed by atoms with Gasteiger partial charge in [0.25, 0.3) is 0 Å². The molecule has 0 aliphatic heterocycles. The third kappa shape index (κ3) is 3.08. The third-order valence-electron chi connectivity index (χ3n) is 3.09. The molecule has 0 fully saturated rings. The van der Waals surface area contributed by atoms with Crippen molar-refractivity contribution in [2.24, 2.45) is 5.73 Å². The quantitative estimate of drug-likeness (QED) is 0.848. The van der Waals surface area contributed by atoms with Crippen molar-refractivity contribution in [2.75, 3.05) is 0 Å². The highest BCUT2D eigenvalue weighted by Crippen LogP contribution is 2.20. The summed E-state index contributed by atoms with van der Waals surface area (Å²) in [5, 5.41) is 11.0. The molecule has 0 unspecified atom stereocenters. The van der Waals surface area contributed by atoms with Crippen molar-refractivity contribution >= 4 is 16.7 Å². The molecule has 0 amide bonds. The molecule has 0 spiro atoms. The van der Waals surface area contributed by atoms with Crippen LogP contribution in [0.3, 0.4) is 0 Å². The van der Waals surface area contributed by atoms with Gasteiger partial charge in [-0.1, -0.05) is 42.5 Å². The van der Waals surface area contributed by atoms with E-state index in [4.69, 9.17) is 10.8 Å². The Labute approximate surface area is 106 Å². The van der Waals surface area contributed by atoms with Crippen molar-refractivity contribution in [3.05, 3.63) is 48.0 Å². The molecule has 0 radical (unpaired) electrons. The lowest BCUT2D eigenvalue weighted by molar-refractivity contribution is -0.137. The highest BCUT2D eigenvalue weighted by atomic mass is 16.4. The first-order chi connectivity index (χ1) is 8.66. The van der Waals surface area contributed by atoms with Crippen LogP contribution in [0.25, 0.3) is 10.8 Å². The van der Waals surface area contributed by atoms with Gasteiger partial charge in [-0.2, -0.15) is 0 Å². The molecule has 3 nitrogen and oxygen atoms in total. The summed E-state index contributed by atoms with van der Waals surface area (Å²) in [5.41, 5.74) is 7.17. The molecule has 0 heterocycles. The van der Waals surface area contributed by atoms with Crippen LogP contribution >= 0.6 is 0 Å². The van der Waals surface area contributed by atoms with Crippen LogP contribution in [0.1, 0.15) is 18.4 Å². The topological polar surface area (TPSA) is 63.3 Å². The number of carbonyl (C=O) groups is 1. The minimum absolute atomic E-state index is 0.105. The largest absolute Gasteiger partial charge is 0.481 e. The van der Waals surface area contributed by atoms with Gasteiger partial charge in [-0.15, -0.1) is 0 Å². The van der Waals surface area contributed by atoms with Crippen LogP contribution in [-0.2, 0) is 11.2 Å². The Morgan fingerprint density at radius 1 is 1.17 bits per heavy atom. The Balaban J connectivity index is 2.14. The summed E-state index contributed by atoms with van der Waals surface area (Å²) in [5.74, 6) is -0.789. The van der Waals surface area contributed by atoms with E-state index in [9.17, 15) is 4.79 Å². The fourth-order valence-corrected chi connectivity index (χ4v) is 2.16. The van der Waals surface area contributed by atoms with Crippen molar-refractivity contribution in [3.63, 3.8) is 0 Å². The summed E-state index contributed by atoms with van der Waals surface area (Å²) < 4.78 is 0. The number of aliphatic carboxylic acids is 1. The maximum absolute atomic E-state index is 10.5. The van der Waals surface area contributed by atoms with Gasteiger partial charge in [-0.25, -0.2) is 0 Å². The second-order valence-corrected chi connectivity index (χ2v) is 4.53. The van der Waals surface area contributed by atoms with Gasteiger partial charge in [-0.05, 0) is 29.2 Å². The van der Waals surface area contributed by atoms with Crippen molar-refractivity contribution < 1.29 is 9.90 Å². The molecule has 3 heteroatoms. The van der Waals surface area contributed by atoms with Crippen LogP contribution in [-0.4, -0.2) is 17.1 Å². The molecule has 0 saturated heterocycles. The van der Waals surface area contributed by atoms with E-state index in [0.29, 0.717) is 12.8 Å². The third-order valence-corrected chi connectivity index (χ3v) is 3.09. The van der Waals surface area contributed by atoms with Crippen LogP contribution in [0.5, 0.6) is 0 Å². The molecular weight excluding hydrogens is 226 g/mol. The van der Waals surface area contributed by atoms with E-state index in [1.54, 1.807) is 0 Å². The number of carboxylic acids is 1. The number of fused-ring (bicyclic) bond motifs is 1. The normalized spacial score (nSPS) is 12.5. The molecule has 94 valence electrons. The maximum Gasteiger partial charge on any atom is 0.303 e. The molecule has 0 aliphatic carbocycles. The van der Waals surface area contributed by atoms with Gasteiger partial charge in [0, 0.05) is 12.5 Å². The van der Waals surface area contributed by atoms with Gasteiger partial charge >= 0.3 is 5.97 Å². The minimum atomic E-state index is -0.789. The number of carboxylic acid groups (broad SMARTS) is 1. The molecular formula is C15H17NO2. The molecule has 18 heavy (non-hydrogen) atoms. The van der Waals surface area contributed by atoms with Gasteiger partial charge < -0.3 is 10.8 Å². The summed E-state index contributed by atoms with van der Waals surface area (Å²) in [6, 6.07) is 14.2. The Hall–Kier alpha value is -1.87. The first kappa shape index (κ1) is 12.6. The highest BCUT2D eigenvalue weighted by Gasteiger charge is 2.08. The van der Waals surface area contributed by atoms with E-state index >= 15 is 0 Å². The number of hydrogen-bond acceptors (Lipinski definition) is 2. The van der Waals surface area contributed by atoms with E-state index in [2.05, 4.69) is 24.3 Å². The number of hydrogen-bond donors (Lipinski definition) is 2. The van der Waals surface area contributed by atoms with Crippen LogP contribution < -0.4 is 5.73 Å². The Morgan fingerprint density at radius 3 is 2.67 bits per heavy atom. The molecule has 2 aromatic rings. The second kappa shape index (κ2) is 5.65. The monoisotopic (exact) mass is 243 g/mol. The maximum atomic E-state index is 10.5. The zero-order chi connectivity index (χ0) is 13.0. The lowest BCUT2D eigenvalue weighted by atomic mass is 9.97. The van der Waals surface area contributed by atoms with E-state index in [0.717, 1.165) is 0 Å². The van der Waals surface area contributed by atoms with Crippen LogP contribution in [0.4, 0.5) is 0 Å². The zero-order valence-corrected chi connectivity index (χ0v) is 10.2. The van der Waals surface area contributed by atoms with Crippen molar-refractivity contribution in [1.29, 1.82) is 0 Å². The Bertz CT molecular complexity index is 546. The van der Waals surface area contributed by atoms with Crippen LogP contribution in [0.2, 0.25) is 0 Å². The van der Waals surface area contributed by atoms with E-state index < -0.39 is 5.97 Å². The molecule has 0 aliphatic rings. The van der Waals surface area contributed by atoms with Crippen molar-refractivity contribution in [2.45, 2.75) is 25.3 Å². The Kier molecular flexibility index (Phi) is 3.95. The van der Waals surface area contributed by atoms with E-state index in [-0.39, 0.29) is 12.5 Å². The molecule has 0 saturated carbocycles. The summed E-state index contributed by atoms with van der Waals surface area (Å²) in [6.07, 6.45) is 1.36. The first-order valence-corrected chi connectivity index (χ1v) is 6.11. The minimum Gasteiger partial charge on any atom is -0.481 e. The van der Waals surface area contributed by atoms with Gasteiger partial charge in [0.15, 0.2) is 0 Å². The SMILES string of the molecule is N[C@@H](CCC(=O)O)Cc1cccc2ccccc12. The number of benzene rings is 2. The fraction of sp³-hybridized carbons (Fsp3) is 0.267. The number of nitrogens with two attached hydrogens (primary N) is 1. The molecule has 3 N–H and O–H groups in total. The van der Waals surface area contributed by atoms with Gasteiger partial charge in [0.05, 0.1) is 0 Å². The summed E-state index contributed by atoms with van der Waals surface area (Å²) in [4.78, 5) is 10.5. The zero-order valence-electron chi connectivity index (χ0n) is 10.2. The molecule has 2 aromatic carbocycles. The lowest BCUT2D eigenvalue weighted by Crippen LogP contribution is -2.23. The molecule has 2 rings (SSSR count). The lowest BCUT2D eigenvalue weighted by Gasteiger charge is -2.12. The standard InChI is InChI=1S/C15H17NO2/c16-13(8-9-15(17)18)10-12-6-3-5-11-4-1-2-7-14(11)12/h1-7,13H,8-10,16H2,(H,17,18)/t13-/m0/s1. The molecule has 0 bridgehead atoms. The van der Waals surface area contributed by atoms with Crippen molar-refractivity contribution in [3.8, 4) is 0 Å². The van der Waals surface area contributed by atoms with Crippen LogP contribution in [0.15, 0.2) is 42.5 Å². The average Bonchev–Trinajstić information content (AvgIpc) is 2.37. The summed E-state index contributed by atoms with van der Waals surface area (Å²) in [6.45, 7) is 0. The predicted molar refractivity (Wildman–Crippen MR) is 72.5 cm³/mol. The fourth-order valence-electron chi connectivity index (χ4n) is 2.16. The highest BCUT2D eigenvalue weighted by molar-refractivity contribution is 5.85. The van der Waals surface area contributed by atoms with E-state index in [1.807, 2.05) is 18.2 Å². The first-order valence-electron chi connectivity index (χ1n) is 6.11. The van der Waals surface area contributed by atoms with Crippen LogP contribution in [0, 0.1) is 0 Å². The summed E-state index contributed by atoms with van der Waals surface area (Å²) in [7, 11) is 0. The Morgan fingerprint density at radius 2 is 1.89 bits per heavy atom.